The van der Waals surface area contributed by atoms with E-state index in [1.165, 1.54) is 36.4 Å². The van der Waals surface area contributed by atoms with Gasteiger partial charge in [0.1, 0.15) is 12.4 Å². The maximum Gasteiger partial charge on any atom is 0.338 e. The number of carbonyl (C=O) groups is 1. The maximum absolute atomic E-state index is 13.1. The average molecular weight is 463 g/mol. The molecule has 4 nitrogen and oxygen atoms in total. The molecule has 0 amide bonds. The van der Waals surface area contributed by atoms with Crippen molar-refractivity contribution in [1.29, 1.82) is 0 Å². The van der Waals surface area contributed by atoms with Crippen LogP contribution in [-0.2, 0) is 26.9 Å². The second-order valence-electron chi connectivity index (χ2n) is 6.08. The Labute approximate surface area is 171 Å². The third-order valence-electron chi connectivity index (χ3n) is 4.00. The van der Waals surface area contributed by atoms with Gasteiger partial charge in [-0.25, -0.2) is 17.6 Å². The van der Waals surface area contributed by atoms with Gasteiger partial charge in [-0.1, -0.05) is 52.3 Å². The summed E-state index contributed by atoms with van der Waals surface area (Å²) in [6.45, 7) is -0.0355. The van der Waals surface area contributed by atoms with Crippen LogP contribution in [-0.4, -0.2) is 14.4 Å². The molecule has 0 N–H and O–H groups in total. The molecule has 0 aromatic heterocycles. The molecular weight excluding hydrogens is 447 g/mol. The largest absolute Gasteiger partial charge is 0.457 e. The van der Waals surface area contributed by atoms with Gasteiger partial charge in [0.25, 0.3) is 0 Å². The molecule has 3 rings (SSSR count). The van der Waals surface area contributed by atoms with Gasteiger partial charge in [0.2, 0.25) is 0 Å². The van der Waals surface area contributed by atoms with Crippen LogP contribution < -0.4 is 0 Å². The summed E-state index contributed by atoms with van der Waals surface area (Å²) in [7, 11) is -3.51. The molecule has 0 aliphatic carbocycles. The average Bonchev–Trinajstić information content (AvgIpc) is 2.67. The van der Waals surface area contributed by atoms with Crippen molar-refractivity contribution in [3.05, 3.63) is 99.8 Å². The lowest BCUT2D eigenvalue weighted by Crippen LogP contribution is -2.08. The minimum absolute atomic E-state index is 0.0355. The molecule has 0 bridgehead atoms. The van der Waals surface area contributed by atoms with Gasteiger partial charge in [-0.15, -0.1) is 0 Å². The Morgan fingerprint density at radius 2 is 1.71 bits per heavy atom. The number of halogens is 2. The Morgan fingerprint density at radius 1 is 0.964 bits per heavy atom. The van der Waals surface area contributed by atoms with Gasteiger partial charge in [-0.2, -0.15) is 0 Å². The Morgan fingerprint density at radius 3 is 2.43 bits per heavy atom. The van der Waals surface area contributed by atoms with E-state index in [1.54, 1.807) is 36.4 Å². The smallest absolute Gasteiger partial charge is 0.338 e. The molecule has 28 heavy (non-hydrogen) atoms. The number of benzene rings is 3. The van der Waals surface area contributed by atoms with Crippen molar-refractivity contribution < 1.29 is 22.3 Å². The third kappa shape index (κ3) is 5.05. The van der Waals surface area contributed by atoms with Crippen molar-refractivity contribution in [2.24, 2.45) is 0 Å². The summed E-state index contributed by atoms with van der Waals surface area (Å²) in [4.78, 5) is 12.5. The van der Waals surface area contributed by atoms with Crippen LogP contribution in [0.15, 0.2) is 82.2 Å². The summed E-state index contributed by atoms with van der Waals surface area (Å²) in [5.74, 6) is -1.20. The lowest BCUT2D eigenvalue weighted by molar-refractivity contribution is 0.0471. The number of hydrogen-bond acceptors (Lipinski definition) is 4. The fourth-order valence-corrected chi connectivity index (χ4v) is 4.41. The van der Waals surface area contributed by atoms with Gasteiger partial charge in [-0.05, 0) is 42.0 Å². The van der Waals surface area contributed by atoms with Crippen LogP contribution in [0.25, 0.3) is 0 Å². The van der Waals surface area contributed by atoms with E-state index in [-0.39, 0.29) is 22.8 Å². The first-order chi connectivity index (χ1) is 13.3. The summed E-state index contributed by atoms with van der Waals surface area (Å²) in [5, 5.41) is 0. The number of rotatable bonds is 6. The molecule has 0 heterocycles. The van der Waals surface area contributed by atoms with E-state index in [0.29, 0.717) is 15.6 Å². The Kier molecular flexibility index (Phi) is 6.26. The van der Waals surface area contributed by atoms with E-state index in [0.717, 1.165) is 0 Å². The van der Waals surface area contributed by atoms with E-state index in [1.807, 2.05) is 0 Å². The lowest BCUT2D eigenvalue weighted by atomic mass is 10.1. The normalized spacial score (nSPS) is 11.2. The van der Waals surface area contributed by atoms with Gasteiger partial charge in [0, 0.05) is 10.0 Å². The van der Waals surface area contributed by atoms with Crippen LogP contribution in [0.4, 0.5) is 4.39 Å². The highest BCUT2D eigenvalue weighted by Crippen LogP contribution is 2.20. The zero-order valence-electron chi connectivity index (χ0n) is 14.6. The molecule has 0 unspecified atom stereocenters. The van der Waals surface area contributed by atoms with Crippen LogP contribution in [0.1, 0.15) is 21.5 Å². The van der Waals surface area contributed by atoms with Gasteiger partial charge >= 0.3 is 5.97 Å². The highest BCUT2D eigenvalue weighted by atomic mass is 79.9. The molecule has 0 fully saturated rings. The van der Waals surface area contributed by atoms with Crippen molar-refractivity contribution in [2.75, 3.05) is 0 Å². The number of hydrogen-bond donors (Lipinski definition) is 0. The third-order valence-corrected chi connectivity index (χ3v) is 6.44. The highest BCUT2D eigenvalue weighted by molar-refractivity contribution is 9.10. The van der Waals surface area contributed by atoms with Crippen LogP contribution in [0.3, 0.4) is 0 Å². The van der Waals surface area contributed by atoms with E-state index in [9.17, 15) is 17.6 Å². The molecule has 0 radical (unpaired) electrons. The number of esters is 1. The Bertz CT molecular complexity index is 1100. The number of ether oxygens (including phenoxy) is 1. The predicted octanol–water partition coefficient (Wildman–Crippen LogP) is 4.92. The first-order valence-corrected chi connectivity index (χ1v) is 10.8. The molecular formula is C21H16BrFO4S. The lowest BCUT2D eigenvalue weighted by Gasteiger charge is -2.09. The molecule has 0 aliphatic rings. The molecule has 0 saturated carbocycles. The first kappa shape index (κ1) is 20.2. The number of sulfone groups is 1. The standard InChI is InChI=1S/C21H16BrFO4S/c22-20-12-18(23)10-9-17(20)13-27-21(24)16-6-4-5-15(11-16)14-28(25,26)19-7-2-1-3-8-19/h1-12H,13-14H2. The quantitative estimate of drug-likeness (QED) is 0.487. The van der Waals surface area contributed by atoms with Crippen LogP contribution in [0, 0.1) is 5.82 Å². The molecule has 3 aromatic rings. The number of carbonyl (C=O) groups excluding carboxylic acids is 1. The van der Waals surface area contributed by atoms with Gasteiger partial charge in [-0.3, -0.25) is 0 Å². The van der Waals surface area contributed by atoms with E-state index in [4.69, 9.17) is 4.74 Å². The van der Waals surface area contributed by atoms with Gasteiger partial charge in [0.05, 0.1) is 16.2 Å². The van der Waals surface area contributed by atoms with Crippen LogP contribution in [0.2, 0.25) is 0 Å². The minimum atomic E-state index is -3.51. The zero-order valence-corrected chi connectivity index (χ0v) is 17.0. The molecule has 0 aliphatic heterocycles. The molecule has 7 heteroatoms. The van der Waals surface area contributed by atoms with E-state index in [2.05, 4.69) is 15.9 Å². The van der Waals surface area contributed by atoms with Crippen molar-refractivity contribution in [3.63, 3.8) is 0 Å². The van der Waals surface area contributed by atoms with E-state index < -0.39 is 21.6 Å². The minimum Gasteiger partial charge on any atom is -0.457 e. The molecule has 3 aromatic carbocycles. The van der Waals surface area contributed by atoms with Crippen molar-refractivity contribution >= 4 is 31.7 Å². The maximum atomic E-state index is 13.1. The monoisotopic (exact) mass is 462 g/mol. The molecule has 0 atom stereocenters. The highest BCUT2D eigenvalue weighted by Gasteiger charge is 2.16. The van der Waals surface area contributed by atoms with E-state index >= 15 is 0 Å². The van der Waals surface area contributed by atoms with Gasteiger partial charge < -0.3 is 4.74 Å². The van der Waals surface area contributed by atoms with Crippen molar-refractivity contribution in [2.45, 2.75) is 17.3 Å². The summed E-state index contributed by atoms with van der Waals surface area (Å²) >= 11 is 3.22. The fourth-order valence-electron chi connectivity index (χ4n) is 2.58. The summed E-state index contributed by atoms with van der Waals surface area (Å²) in [6, 6.07) is 18.5. The van der Waals surface area contributed by atoms with Crippen LogP contribution in [0.5, 0.6) is 0 Å². The second-order valence-corrected chi connectivity index (χ2v) is 8.93. The first-order valence-electron chi connectivity index (χ1n) is 8.33. The topological polar surface area (TPSA) is 60.4 Å². The molecule has 144 valence electrons. The Hall–Kier alpha value is -2.51. The Balaban J connectivity index is 1.71. The fraction of sp³-hybridized carbons (Fsp3) is 0.0952. The second kappa shape index (κ2) is 8.67. The van der Waals surface area contributed by atoms with Crippen molar-refractivity contribution in [3.8, 4) is 0 Å². The summed E-state index contributed by atoms with van der Waals surface area (Å²) in [6.07, 6.45) is 0. The summed E-state index contributed by atoms with van der Waals surface area (Å²) < 4.78 is 43.9. The molecule has 0 saturated heterocycles. The van der Waals surface area contributed by atoms with Crippen LogP contribution >= 0.6 is 15.9 Å². The molecule has 0 spiro atoms. The van der Waals surface area contributed by atoms with Gasteiger partial charge in [0.15, 0.2) is 9.84 Å². The van der Waals surface area contributed by atoms with Crippen molar-refractivity contribution in [1.82, 2.24) is 0 Å². The zero-order chi connectivity index (χ0) is 20.1. The summed E-state index contributed by atoms with van der Waals surface area (Å²) in [5.41, 5.74) is 1.36. The SMILES string of the molecule is O=C(OCc1ccc(F)cc1Br)c1cccc(CS(=O)(=O)c2ccccc2)c1. The predicted molar refractivity (Wildman–Crippen MR) is 107 cm³/mol.